The van der Waals surface area contributed by atoms with Crippen LogP contribution in [0.4, 0.5) is 0 Å². The normalized spacial score (nSPS) is 13.8. The maximum Gasteiger partial charge on any atom is 0.255 e. The van der Waals surface area contributed by atoms with Crippen molar-refractivity contribution in [3.8, 4) is 5.75 Å². The van der Waals surface area contributed by atoms with Gasteiger partial charge in [0, 0.05) is 10.5 Å². The zero-order valence-corrected chi connectivity index (χ0v) is 13.1. The standard InChI is InChI=1S/C17H16BrNO2/c18-13-5-3-4-12(10-13)11-21-16-7-2-1-6-15(16)17(20)19-14-8-9-14/h1-7,10,14H,8-9,11H2,(H,19,20). The molecule has 0 unspecified atom stereocenters. The molecule has 0 atom stereocenters. The third kappa shape index (κ3) is 3.85. The summed E-state index contributed by atoms with van der Waals surface area (Å²) in [6.07, 6.45) is 2.15. The van der Waals surface area contributed by atoms with Crippen molar-refractivity contribution in [2.24, 2.45) is 0 Å². The number of rotatable bonds is 5. The molecular weight excluding hydrogens is 330 g/mol. The average molecular weight is 346 g/mol. The Morgan fingerprint density at radius 1 is 1.19 bits per heavy atom. The second-order valence-electron chi connectivity index (χ2n) is 5.16. The first-order valence-electron chi connectivity index (χ1n) is 6.99. The van der Waals surface area contributed by atoms with Crippen molar-refractivity contribution in [2.45, 2.75) is 25.5 Å². The zero-order chi connectivity index (χ0) is 14.7. The third-order valence-electron chi connectivity index (χ3n) is 3.33. The molecule has 1 aliphatic carbocycles. The minimum absolute atomic E-state index is 0.0534. The molecule has 0 aromatic heterocycles. The van der Waals surface area contributed by atoms with Gasteiger partial charge in [0.2, 0.25) is 0 Å². The van der Waals surface area contributed by atoms with Gasteiger partial charge in [-0.1, -0.05) is 40.2 Å². The first kappa shape index (κ1) is 14.1. The van der Waals surface area contributed by atoms with Crippen LogP contribution >= 0.6 is 15.9 Å². The second-order valence-corrected chi connectivity index (χ2v) is 6.08. The van der Waals surface area contributed by atoms with Crippen LogP contribution in [0.25, 0.3) is 0 Å². The van der Waals surface area contributed by atoms with Crippen LogP contribution in [0, 0.1) is 0 Å². The molecule has 1 saturated carbocycles. The van der Waals surface area contributed by atoms with Gasteiger partial charge < -0.3 is 10.1 Å². The Hall–Kier alpha value is -1.81. The number of ether oxygens (including phenoxy) is 1. The van der Waals surface area contributed by atoms with Crippen LogP contribution in [0.5, 0.6) is 5.75 Å². The molecule has 3 rings (SSSR count). The highest BCUT2D eigenvalue weighted by atomic mass is 79.9. The maximum atomic E-state index is 12.2. The Labute approximate surface area is 132 Å². The number of halogens is 1. The van der Waals surface area contributed by atoms with E-state index < -0.39 is 0 Å². The van der Waals surface area contributed by atoms with Gasteiger partial charge >= 0.3 is 0 Å². The number of hydrogen-bond acceptors (Lipinski definition) is 2. The van der Waals surface area contributed by atoms with Crippen molar-refractivity contribution < 1.29 is 9.53 Å². The highest BCUT2D eigenvalue weighted by molar-refractivity contribution is 9.10. The summed E-state index contributed by atoms with van der Waals surface area (Å²) in [5, 5.41) is 2.99. The van der Waals surface area contributed by atoms with E-state index >= 15 is 0 Å². The van der Waals surface area contributed by atoms with Crippen LogP contribution in [-0.4, -0.2) is 11.9 Å². The molecule has 0 spiro atoms. The Bertz CT molecular complexity index is 653. The summed E-state index contributed by atoms with van der Waals surface area (Å²) in [6, 6.07) is 15.7. The number of nitrogens with one attached hydrogen (secondary N) is 1. The number of hydrogen-bond donors (Lipinski definition) is 1. The molecule has 0 bridgehead atoms. The number of amides is 1. The lowest BCUT2D eigenvalue weighted by Crippen LogP contribution is -2.25. The molecular formula is C17H16BrNO2. The number of para-hydroxylation sites is 1. The van der Waals surface area contributed by atoms with Gasteiger partial charge in [0.15, 0.2) is 0 Å². The molecule has 0 heterocycles. The summed E-state index contributed by atoms with van der Waals surface area (Å²) < 4.78 is 6.84. The molecule has 4 heteroatoms. The lowest BCUT2D eigenvalue weighted by atomic mass is 10.2. The van der Waals surface area contributed by atoms with Crippen LogP contribution in [-0.2, 0) is 6.61 Å². The van der Waals surface area contributed by atoms with Gasteiger partial charge in [0.25, 0.3) is 5.91 Å². The number of carbonyl (C=O) groups excluding carboxylic acids is 1. The first-order chi connectivity index (χ1) is 10.2. The summed E-state index contributed by atoms with van der Waals surface area (Å²) in [5.74, 6) is 0.568. The molecule has 3 nitrogen and oxygen atoms in total. The van der Waals surface area contributed by atoms with Crippen LogP contribution in [0.15, 0.2) is 53.0 Å². The van der Waals surface area contributed by atoms with Crippen molar-refractivity contribution in [2.75, 3.05) is 0 Å². The van der Waals surface area contributed by atoms with E-state index in [-0.39, 0.29) is 5.91 Å². The number of carbonyl (C=O) groups is 1. The van der Waals surface area contributed by atoms with E-state index in [4.69, 9.17) is 4.74 Å². The van der Waals surface area contributed by atoms with Crippen LogP contribution < -0.4 is 10.1 Å². The van der Waals surface area contributed by atoms with E-state index in [0.717, 1.165) is 22.9 Å². The topological polar surface area (TPSA) is 38.3 Å². The summed E-state index contributed by atoms with van der Waals surface area (Å²) >= 11 is 3.44. The fraction of sp³-hybridized carbons (Fsp3) is 0.235. The Morgan fingerprint density at radius 2 is 2.00 bits per heavy atom. The Morgan fingerprint density at radius 3 is 2.76 bits per heavy atom. The largest absolute Gasteiger partial charge is 0.488 e. The van der Waals surface area contributed by atoms with Crippen molar-refractivity contribution in [1.82, 2.24) is 5.32 Å². The van der Waals surface area contributed by atoms with Crippen molar-refractivity contribution in [1.29, 1.82) is 0 Å². The molecule has 0 aliphatic heterocycles. The minimum atomic E-state index is -0.0534. The van der Waals surface area contributed by atoms with E-state index in [1.54, 1.807) is 6.07 Å². The van der Waals surface area contributed by atoms with Gasteiger partial charge in [-0.15, -0.1) is 0 Å². The fourth-order valence-electron chi connectivity index (χ4n) is 2.06. The van der Waals surface area contributed by atoms with E-state index in [0.29, 0.717) is 24.0 Å². The van der Waals surface area contributed by atoms with Gasteiger partial charge in [-0.25, -0.2) is 0 Å². The lowest BCUT2D eigenvalue weighted by molar-refractivity contribution is 0.0946. The molecule has 0 radical (unpaired) electrons. The van der Waals surface area contributed by atoms with Crippen molar-refractivity contribution in [3.05, 3.63) is 64.1 Å². The maximum absolute atomic E-state index is 12.2. The van der Waals surface area contributed by atoms with Gasteiger partial charge in [-0.3, -0.25) is 4.79 Å². The van der Waals surface area contributed by atoms with Crippen molar-refractivity contribution >= 4 is 21.8 Å². The molecule has 0 saturated heterocycles. The highest BCUT2D eigenvalue weighted by Crippen LogP contribution is 2.23. The molecule has 2 aromatic rings. The molecule has 21 heavy (non-hydrogen) atoms. The van der Waals surface area contributed by atoms with E-state index in [1.807, 2.05) is 42.5 Å². The van der Waals surface area contributed by atoms with E-state index in [1.165, 1.54) is 0 Å². The highest BCUT2D eigenvalue weighted by Gasteiger charge is 2.25. The monoisotopic (exact) mass is 345 g/mol. The predicted molar refractivity (Wildman–Crippen MR) is 85.4 cm³/mol. The molecule has 1 aliphatic rings. The summed E-state index contributed by atoms with van der Waals surface area (Å²) in [7, 11) is 0. The molecule has 2 aromatic carbocycles. The van der Waals surface area contributed by atoms with Gasteiger partial charge in [-0.05, 0) is 42.7 Å². The van der Waals surface area contributed by atoms with Gasteiger partial charge in [0.05, 0.1) is 5.56 Å². The molecule has 1 amide bonds. The summed E-state index contributed by atoms with van der Waals surface area (Å²) in [4.78, 5) is 12.2. The van der Waals surface area contributed by atoms with Crippen LogP contribution in [0.3, 0.4) is 0 Å². The molecule has 1 fully saturated rings. The van der Waals surface area contributed by atoms with Gasteiger partial charge in [0.1, 0.15) is 12.4 Å². The SMILES string of the molecule is O=C(NC1CC1)c1ccccc1OCc1cccc(Br)c1. The van der Waals surface area contributed by atoms with Crippen molar-refractivity contribution in [3.63, 3.8) is 0 Å². The zero-order valence-electron chi connectivity index (χ0n) is 11.5. The Kier molecular flexibility index (Phi) is 4.25. The molecule has 108 valence electrons. The van der Waals surface area contributed by atoms with Crippen LogP contribution in [0.1, 0.15) is 28.8 Å². The fourth-order valence-corrected chi connectivity index (χ4v) is 2.51. The lowest BCUT2D eigenvalue weighted by Gasteiger charge is -2.11. The quantitative estimate of drug-likeness (QED) is 0.891. The Balaban J connectivity index is 1.71. The predicted octanol–water partition coefficient (Wildman–Crippen LogP) is 3.92. The average Bonchev–Trinajstić information content (AvgIpc) is 3.29. The third-order valence-corrected chi connectivity index (χ3v) is 3.82. The van der Waals surface area contributed by atoms with E-state index in [2.05, 4.69) is 21.2 Å². The number of benzene rings is 2. The van der Waals surface area contributed by atoms with E-state index in [9.17, 15) is 4.79 Å². The first-order valence-corrected chi connectivity index (χ1v) is 7.79. The second kappa shape index (κ2) is 6.31. The summed E-state index contributed by atoms with van der Waals surface area (Å²) in [5.41, 5.74) is 1.65. The summed E-state index contributed by atoms with van der Waals surface area (Å²) in [6.45, 7) is 0.438. The minimum Gasteiger partial charge on any atom is -0.488 e. The smallest absolute Gasteiger partial charge is 0.255 e. The van der Waals surface area contributed by atoms with Gasteiger partial charge in [-0.2, -0.15) is 0 Å². The molecule has 1 N–H and O–H groups in total. The van der Waals surface area contributed by atoms with Crippen LogP contribution in [0.2, 0.25) is 0 Å².